The van der Waals surface area contributed by atoms with E-state index in [4.69, 9.17) is 0 Å². The molecule has 13 heavy (non-hydrogen) atoms. The zero-order chi connectivity index (χ0) is 9.91. The summed E-state index contributed by atoms with van der Waals surface area (Å²) in [6.45, 7) is 9.78. The van der Waals surface area contributed by atoms with Gasteiger partial charge in [0.15, 0.2) is 0 Å². The molecule has 0 heterocycles. The summed E-state index contributed by atoms with van der Waals surface area (Å²) in [5.41, 5.74) is 1.34. The summed E-state index contributed by atoms with van der Waals surface area (Å²) < 4.78 is 0. The van der Waals surface area contributed by atoms with Crippen molar-refractivity contribution in [3.63, 3.8) is 0 Å². The third kappa shape index (κ3) is 0.823. The van der Waals surface area contributed by atoms with Crippen molar-refractivity contribution in [2.24, 2.45) is 16.7 Å². The van der Waals surface area contributed by atoms with Gasteiger partial charge in [-0.1, -0.05) is 20.8 Å². The molecule has 0 aromatic heterocycles. The van der Waals surface area contributed by atoms with E-state index in [1.807, 2.05) is 0 Å². The summed E-state index contributed by atoms with van der Waals surface area (Å²) in [5, 5.41) is 3.60. The van der Waals surface area contributed by atoms with Crippen LogP contribution in [0, 0.1) is 16.7 Å². The fraction of sp³-hybridized carbons (Fsp3) is 1.00. The fourth-order valence-corrected chi connectivity index (χ4v) is 4.12. The number of fused-ring (bicyclic) bond motifs is 2. The van der Waals surface area contributed by atoms with Gasteiger partial charge in [-0.25, -0.2) is 0 Å². The first-order valence-corrected chi connectivity index (χ1v) is 5.56. The summed E-state index contributed by atoms with van der Waals surface area (Å²) in [5.74, 6) is 0.940. The van der Waals surface area contributed by atoms with Gasteiger partial charge < -0.3 is 5.32 Å². The highest BCUT2D eigenvalue weighted by Gasteiger charge is 2.65. The van der Waals surface area contributed by atoms with Crippen LogP contribution < -0.4 is 5.32 Å². The second kappa shape index (κ2) is 2.31. The standard InChI is InChI=1S/C12H23N/c1-10(2)9-6-7-11(3,8-9)12(10,4)13-5/h9,13H,6-8H2,1-5H3/t9-,11-,12-/m0/s1. The Morgan fingerprint density at radius 3 is 2.08 bits per heavy atom. The first kappa shape index (κ1) is 9.51. The second-order valence-corrected chi connectivity index (χ2v) is 6.10. The van der Waals surface area contributed by atoms with Gasteiger partial charge in [0.05, 0.1) is 0 Å². The van der Waals surface area contributed by atoms with Crippen LogP contribution >= 0.6 is 0 Å². The predicted molar refractivity (Wildman–Crippen MR) is 56.7 cm³/mol. The van der Waals surface area contributed by atoms with Crippen LogP contribution in [0.3, 0.4) is 0 Å². The van der Waals surface area contributed by atoms with E-state index < -0.39 is 0 Å². The molecular formula is C12H23N. The number of nitrogens with one attached hydrogen (secondary N) is 1. The smallest absolute Gasteiger partial charge is 0.0257 e. The van der Waals surface area contributed by atoms with E-state index in [1.54, 1.807) is 0 Å². The zero-order valence-corrected chi connectivity index (χ0v) is 9.70. The molecular weight excluding hydrogens is 158 g/mol. The lowest BCUT2D eigenvalue weighted by atomic mass is 9.59. The number of hydrogen-bond donors (Lipinski definition) is 1. The van der Waals surface area contributed by atoms with E-state index in [1.165, 1.54) is 19.3 Å². The van der Waals surface area contributed by atoms with Crippen LogP contribution in [0.5, 0.6) is 0 Å². The Morgan fingerprint density at radius 2 is 1.77 bits per heavy atom. The van der Waals surface area contributed by atoms with Crippen LogP contribution in [-0.2, 0) is 0 Å². The van der Waals surface area contributed by atoms with Gasteiger partial charge in [0, 0.05) is 5.54 Å². The van der Waals surface area contributed by atoms with Crippen molar-refractivity contribution in [1.82, 2.24) is 5.32 Å². The highest BCUT2D eigenvalue weighted by Crippen LogP contribution is 2.67. The lowest BCUT2D eigenvalue weighted by Gasteiger charge is -2.52. The zero-order valence-electron chi connectivity index (χ0n) is 9.70. The fourth-order valence-electron chi connectivity index (χ4n) is 4.12. The molecule has 0 aliphatic heterocycles. The van der Waals surface area contributed by atoms with Crippen LogP contribution in [0.2, 0.25) is 0 Å². The maximum Gasteiger partial charge on any atom is 0.0257 e. The molecule has 0 unspecified atom stereocenters. The third-order valence-corrected chi connectivity index (χ3v) is 5.76. The van der Waals surface area contributed by atoms with Gasteiger partial charge in [-0.2, -0.15) is 0 Å². The molecule has 3 atom stereocenters. The molecule has 2 saturated carbocycles. The summed E-state index contributed by atoms with van der Waals surface area (Å²) in [6, 6.07) is 0. The van der Waals surface area contributed by atoms with Crippen molar-refractivity contribution in [2.75, 3.05) is 7.05 Å². The van der Waals surface area contributed by atoms with E-state index in [2.05, 4.69) is 40.1 Å². The van der Waals surface area contributed by atoms with Gasteiger partial charge in [0.2, 0.25) is 0 Å². The Morgan fingerprint density at radius 1 is 1.15 bits per heavy atom. The minimum atomic E-state index is 0.336. The van der Waals surface area contributed by atoms with Crippen molar-refractivity contribution in [1.29, 1.82) is 0 Å². The molecule has 1 heteroatoms. The Labute approximate surface area is 82.3 Å². The van der Waals surface area contributed by atoms with Crippen molar-refractivity contribution < 1.29 is 0 Å². The van der Waals surface area contributed by atoms with Gasteiger partial charge in [0.25, 0.3) is 0 Å². The molecule has 1 nitrogen and oxygen atoms in total. The first-order valence-electron chi connectivity index (χ1n) is 5.56. The van der Waals surface area contributed by atoms with Crippen LogP contribution in [0.4, 0.5) is 0 Å². The molecule has 0 aromatic carbocycles. The van der Waals surface area contributed by atoms with Crippen LogP contribution in [0.15, 0.2) is 0 Å². The SMILES string of the molecule is CN[C@@]1(C)C(C)(C)[C@H]2CC[C@@]1(C)C2. The highest BCUT2D eigenvalue weighted by molar-refractivity contribution is 5.19. The maximum atomic E-state index is 3.60. The lowest BCUT2D eigenvalue weighted by molar-refractivity contribution is 0.0264. The minimum absolute atomic E-state index is 0.336. The minimum Gasteiger partial charge on any atom is -0.313 e. The summed E-state index contributed by atoms with van der Waals surface area (Å²) in [4.78, 5) is 0. The van der Waals surface area contributed by atoms with Crippen molar-refractivity contribution >= 4 is 0 Å². The van der Waals surface area contributed by atoms with Crippen LogP contribution in [-0.4, -0.2) is 12.6 Å². The number of rotatable bonds is 1. The van der Waals surface area contributed by atoms with Gasteiger partial charge >= 0.3 is 0 Å². The quantitative estimate of drug-likeness (QED) is 0.656. The Hall–Kier alpha value is -0.0400. The van der Waals surface area contributed by atoms with E-state index in [-0.39, 0.29) is 0 Å². The van der Waals surface area contributed by atoms with Crippen molar-refractivity contribution in [2.45, 2.75) is 52.5 Å². The lowest BCUT2D eigenvalue weighted by Crippen LogP contribution is -2.60. The molecule has 2 fully saturated rings. The molecule has 1 N–H and O–H groups in total. The Bertz CT molecular complexity index is 227. The molecule has 0 saturated heterocycles. The number of hydrogen-bond acceptors (Lipinski definition) is 1. The average molecular weight is 181 g/mol. The molecule has 2 aliphatic carbocycles. The topological polar surface area (TPSA) is 12.0 Å². The van der Waals surface area contributed by atoms with Crippen LogP contribution in [0.25, 0.3) is 0 Å². The maximum absolute atomic E-state index is 3.60. The van der Waals surface area contributed by atoms with E-state index in [0.29, 0.717) is 16.4 Å². The Balaban J connectivity index is 2.45. The van der Waals surface area contributed by atoms with E-state index >= 15 is 0 Å². The highest BCUT2D eigenvalue weighted by atomic mass is 15.0. The average Bonchev–Trinajstić information content (AvgIpc) is 2.51. The van der Waals surface area contributed by atoms with Crippen LogP contribution in [0.1, 0.15) is 47.0 Å². The largest absolute Gasteiger partial charge is 0.313 e. The Kier molecular flexibility index (Phi) is 1.69. The third-order valence-electron chi connectivity index (χ3n) is 5.76. The molecule has 76 valence electrons. The summed E-state index contributed by atoms with van der Waals surface area (Å²) >= 11 is 0. The molecule has 0 amide bonds. The second-order valence-electron chi connectivity index (χ2n) is 6.10. The van der Waals surface area contributed by atoms with Gasteiger partial charge in [0.1, 0.15) is 0 Å². The normalized spacial score (nSPS) is 52.8. The molecule has 2 bridgehead atoms. The van der Waals surface area contributed by atoms with Crippen molar-refractivity contribution in [3.05, 3.63) is 0 Å². The van der Waals surface area contributed by atoms with E-state index in [9.17, 15) is 0 Å². The van der Waals surface area contributed by atoms with Gasteiger partial charge in [-0.3, -0.25) is 0 Å². The molecule has 2 rings (SSSR count). The van der Waals surface area contributed by atoms with E-state index in [0.717, 1.165) is 5.92 Å². The monoisotopic (exact) mass is 181 g/mol. The summed E-state index contributed by atoms with van der Waals surface area (Å²) in [7, 11) is 2.13. The molecule has 0 spiro atoms. The molecule has 2 aliphatic rings. The predicted octanol–water partition coefficient (Wildman–Crippen LogP) is 2.81. The summed E-state index contributed by atoms with van der Waals surface area (Å²) in [6.07, 6.45) is 4.29. The first-order chi connectivity index (χ1) is 5.87. The molecule has 0 radical (unpaired) electrons. The van der Waals surface area contributed by atoms with Gasteiger partial charge in [-0.15, -0.1) is 0 Å². The molecule has 0 aromatic rings. The van der Waals surface area contributed by atoms with Crippen molar-refractivity contribution in [3.8, 4) is 0 Å². The van der Waals surface area contributed by atoms with Gasteiger partial charge in [-0.05, 0) is 50.0 Å².